The van der Waals surface area contributed by atoms with Crippen molar-refractivity contribution in [1.82, 2.24) is 0 Å². The molecule has 2 rings (SSSR count). The minimum absolute atomic E-state index is 0.103. The highest BCUT2D eigenvalue weighted by Crippen LogP contribution is 2.32. The zero-order valence-electron chi connectivity index (χ0n) is 9.75. The number of carboxylic acids is 1. The Morgan fingerprint density at radius 3 is 2.78 bits per heavy atom. The van der Waals surface area contributed by atoms with Gasteiger partial charge in [-0.05, 0) is 23.6 Å². The molecule has 0 spiro atoms. The molecule has 5 heteroatoms. The first-order valence-corrected chi connectivity index (χ1v) is 6.16. The van der Waals surface area contributed by atoms with Crippen LogP contribution in [0.4, 0.5) is 0 Å². The van der Waals surface area contributed by atoms with Gasteiger partial charge in [-0.3, -0.25) is 0 Å². The van der Waals surface area contributed by atoms with Gasteiger partial charge in [0.15, 0.2) is 11.5 Å². The SMILES string of the molecule is COc1cccc(C(=O)O)c1OCc1cccs1. The molecule has 0 aliphatic heterocycles. The molecular formula is C13H12O4S. The Labute approximate surface area is 108 Å². The van der Waals surface area contributed by atoms with Crippen LogP contribution in [0.5, 0.6) is 11.5 Å². The number of ether oxygens (including phenoxy) is 2. The molecule has 18 heavy (non-hydrogen) atoms. The van der Waals surface area contributed by atoms with E-state index in [0.717, 1.165) is 4.88 Å². The van der Waals surface area contributed by atoms with Crippen molar-refractivity contribution in [3.63, 3.8) is 0 Å². The summed E-state index contributed by atoms with van der Waals surface area (Å²) in [5, 5.41) is 11.1. The van der Waals surface area contributed by atoms with Gasteiger partial charge < -0.3 is 14.6 Å². The van der Waals surface area contributed by atoms with Crippen LogP contribution in [0.25, 0.3) is 0 Å². The van der Waals surface area contributed by atoms with E-state index >= 15 is 0 Å². The molecule has 1 heterocycles. The molecule has 0 aliphatic rings. The van der Waals surface area contributed by atoms with Crippen LogP contribution in [-0.4, -0.2) is 18.2 Å². The number of benzene rings is 1. The topological polar surface area (TPSA) is 55.8 Å². The molecule has 0 saturated carbocycles. The van der Waals surface area contributed by atoms with E-state index in [2.05, 4.69) is 0 Å². The number of carbonyl (C=O) groups is 1. The average Bonchev–Trinajstić information content (AvgIpc) is 2.88. The van der Waals surface area contributed by atoms with E-state index in [0.29, 0.717) is 12.4 Å². The summed E-state index contributed by atoms with van der Waals surface area (Å²) in [6.07, 6.45) is 0. The Morgan fingerprint density at radius 1 is 1.33 bits per heavy atom. The summed E-state index contributed by atoms with van der Waals surface area (Å²) in [7, 11) is 1.49. The Kier molecular flexibility index (Phi) is 3.84. The number of para-hydroxylation sites is 1. The summed E-state index contributed by atoms with van der Waals surface area (Å²) in [6, 6.07) is 8.65. The molecule has 1 aromatic heterocycles. The summed E-state index contributed by atoms with van der Waals surface area (Å²) in [5.74, 6) is -0.345. The molecule has 0 radical (unpaired) electrons. The molecule has 0 atom stereocenters. The van der Waals surface area contributed by atoms with E-state index < -0.39 is 5.97 Å². The fraction of sp³-hybridized carbons (Fsp3) is 0.154. The lowest BCUT2D eigenvalue weighted by molar-refractivity contribution is 0.0691. The predicted octanol–water partition coefficient (Wildman–Crippen LogP) is 3.03. The molecular weight excluding hydrogens is 252 g/mol. The van der Waals surface area contributed by atoms with E-state index in [-0.39, 0.29) is 11.3 Å². The Morgan fingerprint density at radius 2 is 2.17 bits per heavy atom. The molecule has 0 aliphatic carbocycles. The standard InChI is InChI=1S/C13H12O4S/c1-16-11-6-2-5-10(13(14)15)12(11)17-8-9-4-3-7-18-9/h2-7H,8H2,1H3,(H,14,15). The highest BCUT2D eigenvalue weighted by Gasteiger charge is 2.16. The van der Waals surface area contributed by atoms with Crippen LogP contribution in [0.2, 0.25) is 0 Å². The van der Waals surface area contributed by atoms with Crippen molar-refractivity contribution >= 4 is 17.3 Å². The van der Waals surface area contributed by atoms with Gasteiger partial charge in [0.05, 0.1) is 7.11 Å². The van der Waals surface area contributed by atoms with Crippen molar-refractivity contribution in [3.05, 3.63) is 46.2 Å². The monoisotopic (exact) mass is 264 g/mol. The largest absolute Gasteiger partial charge is 0.493 e. The van der Waals surface area contributed by atoms with Gasteiger partial charge in [-0.15, -0.1) is 11.3 Å². The second-order valence-corrected chi connectivity index (χ2v) is 4.54. The third kappa shape index (κ3) is 2.62. The van der Waals surface area contributed by atoms with Crippen LogP contribution < -0.4 is 9.47 Å². The summed E-state index contributed by atoms with van der Waals surface area (Å²) in [4.78, 5) is 12.1. The second kappa shape index (κ2) is 5.55. The fourth-order valence-electron chi connectivity index (χ4n) is 1.53. The summed E-state index contributed by atoms with van der Waals surface area (Å²) in [5.41, 5.74) is 0.103. The molecule has 0 unspecified atom stereocenters. The van der Waals surface area contributed by atoms with Crippen molar-refractivity contribution in [2.45, 2.75) is 6.61 Å². The molecule has 0 fully saturated rings. The zero-order chi connectivity index (χ0) is 13.0. The van der Waals surface area contributed by atoms with Crippen molar-refractivity contribution in [1.29, 1.82) is 0 Å². The van der Waals surface area contributed by atoms with Crippen LogP contribution in [0.3, 0.4) is 0 Å². The number of hydrogen-bond acceptors (Lipinski definition) is 4. The van der Waals surface area contributed by atoms with Gasteiger partial charge in [0, 0.05) is 4.88 Å². The van der Waals surface area contributed by atoms with E-state index in [1.165, 1.54) is 13.2 Å². The number of rotatable bonds is 5. The Bertz CT molecular complexity index is 534. The normalized spacial score (nSPS) is 10.1. The van der Waals surface area contributed by atoms with E-state index in [4.69, 9.17) is 14.6 Å². The summed E-state index contributed by atoms with van der Waals surface area (Å²) >= 11 is 1.56. The van der Waals surface area contributed by atoms with Crippen LogP contribution in [-0.2, 0) is 6.61 Å². The van der Waals surface area contributed by atoms with Gasteiger partial charge in [0.1, 0.15) is 12.2 Å². The number of aromatic carboxylic acids is 1. The molecule has 4 nitrogen and oxygen atoms in total. The highest BCUT2D eigenvalue weighted by atomic mass is 32.1. The maximum atomic E-state index is 11.1. The molecule has 2 aromatic rings. The third-order valence-corrected chi connectivity index (χ3v) is 3.22. The fourth-order valence-corrected chi connectivity index (χ4v) is 2.15. The summed E-state index contributed by atoms with van der Waals surface area (Å²) in [6.45, 7) is 0.332. The van der Waals surface area contributed by atoms with Crippen molar-refractivity contribution in [2.75, 3.05) is 7.11 Å². The molecule has 94 valence electrons. The van der Waals surface area contributed by atoms with Gasteiger partial charge in [-0.25, -0.2) is 4.79 Å². The van der Waals surface area contributed by atoms with Gasteiger partial charge in [-0.1, -0.05) is 12.1 Å². The lowest BCUT2D eigenvalue weighted by Crippen LogP contribution is -2.04. The first kappa shape index (κ1) is 12.4. The van der Waals surface area contributed by atoms with Gasteiger partial charge in [-0.2, -0.15) is 0 Å². The number of methoxy groups -OCH3 is 1. The van der Waals surface area contributed by atoms with Crippen molar-refractivity contribution in [2.24, 2.45) is 0 Å². The molecule has 1 N–H and O–H groups in total. The first-order chi connectivity index (χ1) is 8.72. The maximum absolute atomic E-state index is 11.1. The van der Waals surface area contributed by atoms with Crippen LogP contribution >= 0.6 is 11.3 Å². The maximum Gasteiger partial charge on any atom is 0.339 e. The van der Waals surface area contributed by atoms with E-state index in [9.17, 15) is 4.79 Å². The van der Waals surface area contributed by atoms with Gasteiger partial charge in [0.25, 0.3) is 0 Å². The van der Waals surface area contributed by atoms with Crippen LogP contribution in [0.15, 0.2) is 35.7 Å². The second-order valence-electron chi connectivity index (χ2n) is 3.51. The minimum atomic E-state index is -1.03. The number of hydrogen-bond donors (Lipinski definition) is 1. The Balaban J connectivity index is 2.26. The smallest absolute Gasteiger partial charge is 0.339 e. The van der Waals surface area contributed by atoms with Crippen LogP contribution in [0, 0.1) is 0 Å². The van der Waals surface area contributed by atoms with E-state index in [1.807, 2.05) is 17.5 Å². The molecule has 1 aromatic carbocycles. The average molecular weight is 264 g/mol. The lowest BCUT2D eigenvalue weighted by Gasteiger charge is -2.12. The molecule has 0 amide bonds. The lowest BCUT2D eigenvalue weighted by atomic mass is 10.2. The Hall–Kier alpha value is -2.01. The van der Waals surface area contributed by atoms with E-state index in [1.54, 1.807) is 23.5 Å². The highest BCUT2D eigenvalue weighted by molar-refractivity contribution is 7.09. The van der Waals surface area contributed by atoms with Crippen LogP contribution in [0.1, 0.15) is 15.2 Å². The number of thiophene rings is 1. The van der Waals surface area contributed by atoms with Crippen molar-refractivity contribution < 1.29 is 19.4 Å². The quantitative estimate of drug-likeness (QED) is 0.901. The molecule has 0 bridgehead atoms. The predicted molar refractivity (Wildman–Crippen MR) is 68.6 cm³/mol. The van der Waals surface area contributed by atoms with Crippen molar-refractivity contribution in [3.8, 4) is 11.5 Å². The zero-order valence-corrected chi connectivity index (χ0v) is 10.6. The van der Waals surface area contributed by atoms with Gasteiger partial charge >= 0.3 is 5.97 Å². The third-order valence-electron chi connectivity index (χ3n) is 2.37. The summed E-state index contributed by atoms with van der Waals surface area (Å²) < 4.78 is 10.7. The first-order valence-electron chi connectivity index (χ1n) is 5.28. The van der Waals surface area contributed by atoms with Gasteiger partial charge in [0.2, 0.25) is 0 Å². The minimum Gasteiger partial charge on any atom is -0.493 e. The number of carboxylic acid groups (broad SMARTS) is 1. The molecule has 0 saturated heterocycles.